The first kappa shape index (κ1) is 19.6. The molecule has 1 spiro atoms. The molecule has 1 saturated carbocycles. The number of piperazine rings is 1. The van der Waals surface area contributed by atoms with Crippen LogP contribution in [0.15, 0.2) is 54.3 Å². The molecule has 1 aromatic rings. The number of halogens is 1. The highest BCUT2D eigenvalue weighted by Crippen LogP contribution is 2.41. The monoisotopic (exact) mass is 438 g/mol. The summed E-state index contributed by atoms with van der Waals surface area (Å²) in [4.78, 5) is 12.1. The van der Waals surface area contributed by atoms with Gasteiger partial charge < -0.3 is 20.4 Å². The average molecular weight is 439 g/mol. The van der Waals surface area contributed by atoms with Crippen molar-refractivity contribution in [3.05, 3.63) is 65.0 Å². The van der Waals surface area contributed by atoms with Gasteiger partial charge >= 0.3 is 0 Å². The van der Waals surface area contributed by atoms with E-state index in [1.807, 2.05) is 18.3 Å². The van der Waals surface area contributed by atoms with Crippen LogP contribution in [0.5, 0.6) is 0 Å². The van der Waals surface area contributed by atoms with Crippen molar-refractivity contribution >= 4 is 11.6 Å². The van der Waals surface area contributed by atoms with Crippen LogP contribution in [-0.2, 0) is 0 Å². The summed E-state index contributed by atoms with van der Waals surface area (Å²) in [6.07, 6.45) is 17.2. The molecular weight excluding hydrogens is 408 g/mol. The number of nitrogens with zero attached hydrogens (tertiary/aromatic N) is 4. The van der Waals surface area contributed by atoms with Crippen molar-refractivity contribution in [3.63, 3.8) is 0 Å². The number of rotatable bonds is 3. The fourth-order valence-electron chi connectivity index (χ4n) is 5.76. The Kier molecular flexibility index (Phi) is 4.78. The lowest BCUT2D eigenvalue weighted by Gasteiger charge is -2.41. The van der Waals surface area contributed by atoms with Gasteiger partial charge in [-0.05, 0) is 63.4 Å². The molecule has 6 nitrogen and oxygen atoms in total. The molecule has 6 rings (SSSR count). The van der Waals surface area contributed by atoms with Gasteiger partial charge in [0.1, 0.15) is 12.0 Å². The Hall–Kier alpha value is -2.02. The SMILES string of the molecule is CN1C(C2=CN3C(N4CCNC5(CC5)C4)=CC=CC3N2)CCCC1c1ncccc1Cl. The van der Waals surface area contributed by atoms with Crippen LogP contribution in [0.4, 0.5) is 0 Å². The Balaban J connectivity index is 1.23. The van der Waals surface area contributed by atoms with Crippen LogP contribution in [0.3, 0.4) is 0 Å². The Morgan fingerprint density at radius 2 is 2.10 bits per heavy atom. The summed E-state index contributed by atoms with van der Waals surface area (Å²) in [5.74, 6) is 1.32. The van der Waals surface area contributed by atoms with Gasteiger partial charge in [-0.3, -0.25) is 9.88 Å². The molecule has 7 heteroatoms. The predicted molar refractivity (Wildman–Crippen MR) is 123 cm³/mol. The molecule has 3 atom stereocenters. The van der Waals surface area contributed by atoms with Gasteiger partial charge in [-0.1, -0.05) is 17.7 Å². The third-order valence-corrected chi connectivity index (χ3v) is 7.97. The minimum absolute atomic E-state index is 0.201. The van der Waals surface area contributed by atoms with Crippen LogP contribution in [0, 0.1) is 0 Å². The molecule has 4 aliphatic heterocycles. The minimum atomic E-state index is 0.201. The zero-order valence-corrected chi connectivity index (χ0v) is 18.9. The average Bonchev–Trinajstić information content (AvgIpc) is 3.37. The molecule has 3 fully saturated rings. The topological polar surface area (TPSA) is 46.7 Å². The van der Waals surface area contributed by atoms with Crippen LogP contribution in [0.2, 0.25) is 5.02 Å². The Morgan fingerprint density at radius 1 is 1.23 bits per heavy atom. The molecule has 2 saturated heterocycles. The number of likely N-dealkylation sites (tertiary alicyclic amines) is 1. The number of fused-ring (bicyclic) bond motifs is 1. The molecule has 164 valence electrons. The van der Waals surface area contributed by atoms with Gasteiger partial charge in [0.15, 0.2) is 0 Å². The van der Waals surface area contributed by atoms with E-state index in [-0.39, 0.29) is 12.2 Å². The predicted octanol–water partition coefficient (Wildman–Crippen LogP) is 3.18. The van der Waals surface area contributed by atoms with E-state index in [0.717, 1.165) is 43.2 Å². The summed E-state index contributed by atoms with van der Waals surface area (Å²) in [7, 11) is 2.22. The summed E-state index contributed by atoms with van der Waals surface area (Å²) >= 11 is 6.51. The van der Waals surface area contributed by atoms with E-state index in [4.69, 9.17) is 11.6 Å². The molecule has 5 heterocycles. The van der Waals surface area contributed by atoms with Crippen molar-refractivity contribution in [2.45, 2.75) is 55.9 Å². The Bertz CT molecular complexity index is 951. The molecule has 2 N–H and O–H groups in total. The molecule has 3 unspecified atom stereocenters. The van der Waals surface area contributed by atoms with Crippen LogP contribution in [-0.4, -0.2) is 64.1 Å². The van der Waals surface area contributed by atoms with Crippen molar-refractivity contribution in [2.75, 3.05) is 26.7 Å². The molecule has 0 bridgehead atoms. The summed E-state index contributed by atoms with van der Waals surface area (Å²) < 4.78 is 0. The molecule has 0 aromatic carbocycles. The number of aromatic nitrogens is 1. The van der Waals surface area contributed by atoms with Crippen molar-refractivity contribution in [3.8, 4) is 0 Å². The number of nitrogens with one attached hydrogen (secondary N) is 2. The maximum Gasteiger partial charge on any atom is 0.124 e. The third-order valence-electron chi connectivity index (χ3n) is 7.65. The number of pyridine rings is 1. The lowest BCUT2D eigenvalue weighted by molar-refractivity contribution is 0.129. The first-order valence-electron chi connectivity index (χ1n) is 11.6. The first-order chi connectivity index (χ1) is 15.1. The van der Waals surface area contributed by atoms with Gasteiger partial charge in [0.25, 0.3) is 0 Å². The second-order valence-electron chi connectivity index (χ2n) is 9.62. The van der Waals surface area contributed by atoms with Gasteiger partial charge in [-0.2, -0.15) is 0 Å². The first-order valence-corrected chi connectivity index (χ1v) is 12.0. The van der Waals surface area contributed by atoms with E-state index in [0.29, 0.717) is 11.6 Å². The van der Waals surface area contributed by atoms with E-state index >= 15 is 0 Å². The lowest BCUT2D eigenvalue weighted by Crippen LogP contribution is -2.54. The van der Waals surface area contributed by atoms with Gasteiger partial charge in [-0.15, -0.1) is 0 Å². The van der Waals surface area contributed by atoms with Gasteiger partial charge in [-0.25, -0.2) is 0 Å². The van der Waals surface area contributed by atoms with Crippen LogP contribution >= 0.6 is 11.6 Å². The van der Waals surface area contributed by atoms with Crippen molar-refractivity contribution in [1.82, 2.24) is 30.3 Å². The lowest BCUT2D eigenvalue weighted by atomic mass is 9.92. The van der Waals surface area contributed by atoms with E-state index in [1.165, 1.54) is 30.8 Å². The maximum atomic E-state index is 6.51. The molecule has 0 radical (unpaired) electrons. The zero-order valence-electron chi connectivity index (χ0n) is 18.1. The van der Waals surface area contributed by atoms with Crippen molar-refractivity contribution in [2.24, 2.45) is 0 Å². The summed E-state index contributed by atoms with van der Waals surface area (Å²) in [5.41, 5.74) is 2.68. The normalized spacial score (nSPS) is 31.9. The zero-order chi connectivity index (χ0) is 21.0. The fraction of sp³-hybridized carbons (Fsp3) is 0.542. The Labute approximate surface area is 189 Å². The second-order valence-corrected chi connectivity index (χ2v) is 10.0. The second kappa shape index (κ2) is 7.54. The molecule has 31 heavy (non-hydrogen) atoms. The fourth-order valence-corrected chi connectivity index (χ4v) is 6.00. The summed E-state index contributed by atoms with van der Waals surface area (Å²) in [6.45, 7) is 3.25. The summed E-state index contributed by atoms with van der Waals surface area (Å²) in [5, 5.41) is 8.31. The number of hydrogen-bond acceptors (Lipinski definition) is 6. The summed E-state index contributed by atoms with van der Waals surface area (Å²) in [6, 6.07) is 4.46. The number of hydrogen-bond donors (Lipinski definition) is 2. The maximum absolute atomic E-state index is 6.51. The quantitative estimate of drug-likeness (QED) is 0.755. The highest BCUT2D eigenvalue weighted by atomic mass is 35.5. The largest absolute Gasteiger partial charge is 0.363 e. The molecular formula is C24H31ClN6. The van der Waals surface area contributed by atoms with Crippen LogP contribution < -0.4 is 10.6 Å². The molecule has 5 aliphatic rings. The van der Waals surface area contributed by atoms with Crippen LogP contribution in [0.1, 0.15) is 43.8 Å². The standard InChI is InChI=1S/C24H31ClN6/c1-29-19(6-2-7-20(29)23-17(25)5-4-12-26-23)18-15-31-21(28-18)8-3-9-22(31)30-14-13-27-24(16-30)10-11-24/h3-5,8-9,12,15,19-21,27-28H,2,6-7,10-11,13-14,16H2,1H3. The minimum Gasteiger partial charge on any atom is -0.363 e. The van der Waals surface area contributed by atoms with Crippen molar-refractivity contribution < 1.29 is 0 Å². The third kappa shape index (κ3) is 3.45. The molecule has 1 aliphatic carbocycles. The number of allylic oxidation sites excluding steroid dienone is 2. The van der Waals surface area contributed by atoms with E-state index in [1.54, 1.807) is 0 Å². The number of piperidine rings is 1. The number of likely N-dealkylation sites (N-methyl/N-ethyl adjacent to an activating group) is 1. The molecule has 1 aromatic heterocycles. The van der Waals surface area contributed by atoms with Gasteiger partial charge in [0.2, 0.25) is 0 Å². The van der Waals surface area contributed by atoms with Crippen molar-refractivity contribution in [1.29, 1.82) is 0 Å². The van der Waals surface area contributed by atoms with Gasteiger partial charge in [0, 0.05) is 43.3 Å². The smallest absolute Gasteiger partial charge is 0.124 e. The van der Waals surface area contributed by atoms with E-state index in [9.17, 15) is 0 Å². The molecule has 0 amide bonds. The highest BCUT2D eigenvalue weighted by molar-refractivity contribution is 6.31. The Morgan fingerprint density at radius 3 is 2.94 bits per heavy atom. The van der Waals surface area contributed by atoms with E-state index < -0.39 is 0 Å². The highest BCUT2D eigenvalue weighted by Gasteiger charge is 2.47. The van der Waals surface area contributed by atoms with E-state index in [2.05, 4.69) is 61.8 Å². The van der Waals surface area contributed by atoms with Gasteiger partial charge in [0.05, 0.1) is 22.8 Å². The van der Waals surface area contributed by atoms with Crippen LogP contribution in [0.25, 0.3) is 0 Å².